The van der Waals surface area contributed by atoms with E-state index in [0.717, 1.165) is 28.6 Å². The monoisotopic (exact) mass is 342 g/mol. The van der Waals surface area contributed by atoms with E-state index in [-0.39, 0.29) is 5.91 Å². The molecule has 2 aromatic carbocycles. The van der Waals surface area contributed by atoms with Gasteiger partial charge >= 0.3 is 0 Å². The topological polar surface area (TPSA) is 66.5 Å². The molecule has 0 aromatic heterocycles. The Morgan fingerprint density at radius 1 is 1.17 bits per heavy atom. The summed E-state index contributed by atoms with van der Waals surface area (Å²) in [6.45, 7) is 2.16. The highest BCUT2D eigenvalue weighted by Crippen LogP contribution is 2.30. The molecular weight excluding hydrogens is 324 g/mol. The number of nitrogens with zero attached hydrogens (tertiary/aromatic N) is 1. The normalized spacial score (nSPS) is 14.0. The van der Waals surface area contributed by atoms with E-state index < -0.39 is 10.0 Å². The third kappa shape index (κ3) is 3.65. The molecular formula is C18H18N2O3S. The number of amides is 1. The molecule has 1 amide bonds. The van der Waals surface area contributed by atoms with E-state index in [1.54, 1.807) is 29.2 Å². The highest BCUT2D eigenvalue weighted by Gasteiger charge is 2.22. The summed E-state index contributed by atoms with van der Waals surface area (Å²) in [5, 5.41) is 1.15. The standard InChI is InChI=1S/C18H18N2O3S/c1-14(21)20-11-9-16-13-17(7-8-18(16)20)19-24(22,23)12-10-15-5-3-2-4-6-15/h2-8,10,12-13,19H,9,11H2,1H3/b12-10+. The van der Waals surface area contributed by atoms with Crippen molar-refractivity contribution >= 4 is 33.4 Å². The fraction of sp³-hybridized carbons (Fsp3) is 0.167. The number of hydrogen-bond donors (Lipinski definition) is 1. The number of carbonyl (C=O) groups excluding carboxylic acids is 1. The van der Waals surface area contributed by atoms with Crippen LogP contribution in [0.3, 0.4) is 0 Å². The summed E-state index contributed by atoms with van der Waals surface area (Å²) in [6, 6.07) is 14.5. The van der Waals surface area contributed by atoms with Gasteiger partial charge in [-0.25, -0.2) is 8.42 Å². The lowest BCUT2D eigenvalue weighted by atomic mass is 10.1. The quantitative estimate of drug-likeness (QED) is 0.929. The summed E-state index contributed by atoms with van der Waals surface area (Å²) in [5.74, 6) is -0.00660. The van der Waals surface area contributed by atoms with Crippen molar-refractivity contribution in [2.24, 2.45) is 0 Å². The first-order chi connectivity index (χ1) is 11.4. The lowest BCUT2D eigenvalue weighted by molar-refractivity contribution is -0.116. The van der Waals surface area contributed by atoms with Crippen molar-refractivity contribution < 1.29 is 13.2 Å². The van der Waals surface area contributed by atoms with Gasteiger partial charge in [-0.15, -0.1) is 0 Å². The van der Waals surface area contributed by atoms with Crippen LogP contribution < -0.4 is 9.62 Å². The Hall–Kier alpha value is -2.60. The average Bonchev–Trinajstić information content (AvgIpc) is 2.97. The van der Waals surface area contributed by atoms with E-state index >= 15 is 0 Å². The number of hydrogen-bond acceptors (Lipinski definition) is 3. The van der Waals surface area contributed by atoms with Crippen LogP contribution in [0.1, 0.15) is 18.1 Å². The van der Waals surface area contributed by atoms with Gasteiger partial charge in [0.15, 0.2) is 0 Å². The second-order valence-corrected chi connectivity index (χ2v) is 7.19. The summed E-state index contributed by atoms with van der Waals surface area (Å²) in [6.07, 6.45) is 2.28. The maximum atomic E-state index is 12.2. The molecule has 3 rings (SSSR count). The fourth-order valence-electron chi connectivity index (χ4n) is 2.72. The van der Waals surface area contributed by atoms with Gasteiger partial charge in [-0.05, 0) is 41.8 Å². The third-order valence-corrected chi connectivity index (χ3v) is 4.87. The van der Waals surface area contributed by atoms with Crippen molar-refractivity contribution in [1.82, 2.24) is 0 Å². The van der Waals surface area contributed by atoms with Gasteiger partial charge in [-0.3, -0.25) is 9.52 Å². The second-order valence-electron chi connectivity index (χ2n) is 5.62. The van der Waals surface area contributed by atoms with E-state index in [4.69, 9.17) is 0 Å². The van der Waals surface area contributed by atoms with E-state index in [9.17, 15) is 13.2 Å². The molecule has 124 valence electrons. The minimum Gasteiger partial charge on any atom is -0.312 e. The molecule has 0 unspecified atom stereocenters. The predicted molar refractivity (Wildman–Crippen MR) is 96.2 cm³/mol. The number of fused-ring (bicyclic) bond motifs is 1. The summed E-state index contributed by atoms with van der Waals surface area (Å²) in [4.78, 5) is 13.2. The Morgan fingerprint density at radius 2 is 1.92 bits per heavy atom. The number of anilines is 2. The van der Waals surface area contributed by atoms with Crippen LogP contribution in [-0.2, 0) is 21.2 Å². The minimum atomic E-state index is -3.59. The van der Waals surface area contributed by atoms with Crippen molar-refractivity contribution in [1.29, 1.82) is 0 Å². The Balaban J connectivity index is 1.77. The first-order valence-corrected chi connectivity index (χ1v) is 9.16. The SMILES string of the molecule is CC(=O)N1CCc2cc(NS(=O)(=O)/C=C/c3ccccc3)ccc21. The van der Waals surface area contributed by atoms with Crippen molar-refractivity contribution in [3.63, 3.8) is 0 Å². The summed E-state index contributed by atoms with van der Waals surface area (Å²) in [5.41, 5.74) is 3.13. The van der Waals surface area contributed by atoms with Gasteiger partial charge in [0.2, 0.25) is 5.91 Å². The van der Waals surface area contributed by atoms with Crippen LogP contribution in [0.4, 0.5) is 11.4 Å². The van der Waals surface area contributed by atoms with Crippen LogP contribution in [-0.4, -0.2) is 20.9 Å². The van der Waals surface area contributed by atoms with Crippen LogP contribution in [0, 0.1) is 0 Å². The zero-order chi connectivity index (χ0) is 17.2. The zero-order valence-electron chi connectivity index (χ0n) is 13.3. The van der Waals surface area contributed by atoms with Gasteiger partial charge in [0, 0.05) is 24.8 Å². The van der Waals surface area contributed by atoms with Crippen molar-refractivity contribution in [2.45, 2.75) is 13.3 Å². The van der Waals surface area contributed by atoms with Gasteiger partial charge in [0.05, 0.1) is 5.41 Å². The molecule has 0 saturated heterocycles. The number of rotatable bonds is 4. The molecule has 0 fully saturated rings. The predicted octanol–water partition coefficient (Wildman–Crippen LogP) is 3.01. The molecule has 0 bridgehead atoms. The largest absolute Gasteiger partial charge is 0.312 e. The highest BCUT2D eigenvalue weighted by molar-refractivity contribution is 7.95. The van der Waals surface area contributed by atoms with Crippen LogP contribution in [0.15, 0.2) is 53.9 Å². The Labute approximate surface area is 141 Å². The Kier molecular flexibility index (Phi) is 4.40. The molecule has 1 aliphatic rings. The van der Waals surface area contributed by atoms with E-state index in [1.807, 2.05) is 30.3 Å². The summed E-state index contributed by atoms with van der Waals surface area (Å²) < 4.78 is 26.9. The lowest BCUT2D eigenvalue weighted by Crippen LogP contribution is -2.25. The van der Waals surface area contributed by atoms with Crippen LogP contribution in [0.2, 0.25) is 0 Å². The molecule has 0 aliphatic carbocycles. The Morgan fingerprint density at radius 3 is 2.62 bits per heavy atom. The molecule has 6 heteroatoms. The van der Waals surface area contributed by atoms with Crippen LogP contribution in [0.25, 0.3) is 6.08 Å². The van der Waals surface area contributed by atoms with Gasteiger partial charge < -0.3 is 4.90 Å². The van der Waals surface area contributed by atoms with E-state index in [1.165, 1.54) is 6.92 Å². The third-order valence-electron chi connectivity index (χ3n) is 3.85. The fourth-order valence-corrected chi connectivity index (χ4v) is 3.58. The summed E-state index contributed by atoms with van der Waals surface area (Å²) >= 11 is 0. The highest BCUT2D eigenvalue weighted by atomic mass is 32.2. The number of carbonyl (C=O) groups is 1. The molecule has 1 N–H and O–H groups in total. The van der Waals surface area contributed by atoms with Gasteiger partial charge in [0.25, 0.3) is 10.0 Å². The lowest BCUT2D eigenvalue weighted by Gasteiger charge is -2.15. The molecule has 24 heavy (non-hydrogen) atoms. The minimum absolute atomic E-state index is 0.00660. The van der Waals surface area contributed by atoms with Crippen LogP contribution >= 0.6 is 0 Å². The first kappa shape index (κ1) is 16.3. The Bertz CT molecular complexity index is 890. The van der Waals surface area contributed by atoms with E-state index in [0.29, 0.717) is 12.2 Å². The second kappa shape index (κ2) is 6.49. The number of sulfonamides is 1. The van der Waals surface area contributed by atoms with Crippen LogP contribution in [0.5, 0.6) is 0 Å². The molecule has 1 aliphatic heterocycles. The number of nitrogens with one attached hydrogen (secondary N) is 1. The average molecular weight is 342 g/mol. The maximum absolute atomic E-state index is 12.2. The van der Waals surface area contributed by atoms with Gasteiger partial charge in [0.1, 0.15) is 0 Å². The van der Waals surface area contributed by atoms with Crippen molar-refractivity contribution in [2.75, 3.05) is 16.2 Å². The smallest absolute Gasteiger partial charge is 0.255 e. The number of benzene rings is 2. The van der Waals surface area contributed by atoms with Gasteiger partial charge in [-0.2, -0.15) is 0 Å². The molecule has 0 atom stereocenters. The van der Waals surface area contributed by atoms with Crippen molar-refractivity contribution in [3.05, 3.63) is 65.1 Å². The first-order valence-electron chi connectivity index (χ1n) is 7.62. The maximum Gasteiger partial charge on any atom is 0.255 e. The molecule has 0 radical (unpaired) electrons. The van der Waals surface area contributed by atoms with E-state index in [2.05, 4.69) is 4.72 Å². The van der Waals surface area contributed by atoms with Crippen molar-refractivity contribution in [3.8, 4) is 0 Å². The molecule has 2 aromatic rings. The molecule has 0 spiro atoms. The molecule has 5 nitrogen and oxygen atoms in total. The zero-order valence-corrected chi connectivity index (χ0v) is 14.1. The molecule has 0 saturated carbocycles. The summed E-state index contributed by atoms with van der Waals surface area (Å²) in [7, 11) is -3.59. The molecule has 1 heterocycles. The van der Waals surface area contributed by atoms with Gasteiger partial charge in [-0.1, -0.05) is 30.3 Å².